The molecule has 4 nitrogen and oxygen atoms in total. The summed E-state index contributed by atoms with van der Waals surface area (Å²) in [5.74, 6) is 1.61. The Kier molecular flexibility index (Phi) is 7.85. The van der Waals surface area contributed by atoms with Gasteiger partial charge in [0.25, 0.3) is 0 Å². The number of rotatable bonds is 9. The molecule has 0 saturated carbocycles. The summed E-state index contributed by atoms with van der Waals surface area (Å²) in [5.41, 5.74) is 1.21. The van der Waals surface area contributed by atoms with Gasteiger partial charge in [-0.15, -0.1) is 0 Å². The molecule has 5 heteroatoms. The van der Waals surface area contributed by atoms with Crippen molar-refractivity contribution in [1.82, 2.24) is 10.2 Å². The van der Waals surface area contributed by atoms with Crippen molar-refractivity contribution in [3.63, 3.8) is 0 Å². The Balaban J connectivity index is 1.99. The molecule has 2 rings (SSSR count). The average molecular weight is 399 g/mol. The number of benzene rings is 1. The van der Waals surface area contributed by atoms with Gasteiger partial charge >= 0.3 is 0 Å². The monoisotopic (exact) mass is 398 g/mol. The smallest absolute Gasteiger partial charge is 0.175 e. The third-order valence-corrected chi connectivity index (χ3v) is 4.93. The van der Waals surface area contributed by atoms with Crippen LogP contribution < -0.4 is 14.8 Å². The molecule has 1 heterocycles. The minimum Gasteiger partial charge on any atom is -0.490 e. The first-order valence-corrected chi connectivity index (χ1v) is 9.91. The van der Waals surface area contributed by atoms with E-state index in [2.05, 4.69) is 45.2 Å². The summed E-state index contributed by atoms with van der Waals surface area (Å²) in [6.07, 6.45) is 2.74. The molecule has 0 aromatic heterocycles. The van der Waals surface area contributed by atoms with Crippen LogP contribution in [0.2, 0.25) is 0 Å². The first-order valence-electron chi connectivity index (χ1n) is 9.11. The van der Waals surface area contributed by atoms with E-state index in [-0.39, 0.29) is 6.10 Å². The van der Waals surface area contributed by atoms with Crippen molar-refractivity contribution in [3.05, 3.63) is 22.2 Å². The van der Waals surface area contributed by atoms with E-state index in [0.717, 1.165) is 35.6 Å². The molecule has 0 aliphatic carbocycles. The van der Waals surface area contributed by atoms with E-state index >= 15 is 0 Å². The molecule has 1 aromatic carbocycles. The van der Waals surface area contributed by atoms with E-state index in [9.17, 15) is 0 Å². The van der Waals surface area contributed by atoms with Crippen molar-refractivity contribution in [3.8, 4) is 11.5 Å². The van der Waals surface area contributed by atoms with Crippen molar-refractivity contribution in [2.75, 3.05) is 26.2 Å². The highest BCUT2D eigenvalue weighted by Gasteiger charge is 2.22. The quantitative estimate of drug-likeness (QED) is 0.675. The highest BCUT2D eigenvalue weighted by Crippen LogP contribution is 2.37. The Labute approximate surface area is 155 Å². The van der Waals surface area contributed by atoms with Crippen LogP contribution in [0.3, 0.4) is 0 Å². The van der Waals surface area contributed by atoms with Crippen molar-refractivity contribution in [2.24, 2.45) is 0 Å². The van der Waals surface area contributed by atoms with E-state index in [0.29, 0.717) is 12.6 Å². The number of nitrogens with zero attached hydrogens (tertiary/aromatic N) is 1. The lowest BCUT2D eigenvalue weighted by molar-refractivity contribution is 0.222. The maximum absolute atomic E-state index is 5.90. The largest absolute Gasteiger partial charge is 0.490 e. The summed E-state index contributed by atoms with van der Waals surface area (Å²) in [6.45, 7) is 13.2. The zero-order valence-corrected chi connectivity index (χ0v) is 17.0. The minimum absolute atomic E-state index is 0.117. The van der Waals surface area contributed by atoms with Gasteiger partial charge in [0.1, 0.15) is 0 Å². The summed E-state index contributed by atoms with van der Waals surface area (Å²) >= 11 is 3.63. The molecule has 1 fully saturated rings. The highest BCUT2D eigenvalue weighted by molar-refractivity contribution is 9.10. The van der Waals surface area contributed by atoms with E-state index in [1.807, 2.05) is 20.8 Å². The fourth-order valence-corrected chi connectivity index (χ4v) is 3.85. The van der Waals surface area contributed by atoms with Gasteiger partial charge in [0.15, 0.2) is 11.5 Å². The lowest BCUT2D eigenvalue weighted by atomic mass is 10.1. The summed E-state index contributed by atoms with van der Waals surface area (Å²) < 4.78 is 12.6. The van der Waals surface area contributed by atoms with E-state index in [4.69, 9.17) is 9.47 Å². The number of nitrogens with one attached hydrogen (secondary N) is 1. The van der Waals surface area contributed by atoms with Gasteiger partial charge < -0.3 is 14.8 Å². The second-order valence-corrected chi connectivity index (χ2v) is 7.41. The van der Waals surface area contributed by atoms with Crippen LogP contribution in [0.25, 0.3) is 0 Å². The Hall–Kier alpha value is -0.780. The number of likely N-dealkylation sites (tertiary alicyclic amines) is 1. The van der Waals surface area contributed by atoms with Gasteiger partial charge in [0, 0.05) is 19.1 Å². The maximum atomic E-state index is 5.90. The number of hydrogen-bond donors (Lipinski definition) is 1. The summed E-state index contributed by atoms with van der Waals surface area (Å²) in [6, 6.07) is 4.89. The average Bonchev–Trinajstić information content (AvgIpc) is 2.98. The Morgan fingerprint density at radius 3 is 2.79 bits per heavy atom. The first-order chi connectivity index (χ1) is 11.5. The lowest BCUT2D eigenvalue weighted by Crippen LogP contribution is -2.37. The topological polar surface area (TPSA) is 33.7 Å². The maximum Gasteiger partial charge on any atom is 0.175 e. The molecule has 0 radical (unpaired) electrons. The SMILES string of the molecule is CCOc1cc(CNCC2CCCN2CC)cc(Br)c1OC(C)C. The molecule has 1 aliphatic heterocycles. The number of hydrogen-bond acceptors (Lipinski definition) is 4. The van der Waals surface area contributed by atoms with Gasteiger partial charge in [0.05, 0.1) is 17.2 Å². The van der Waals surface area contributed by atoms with Crippen LogP contribution >= 0.6 is 15.9 Å². The summed E-state index contributed by atoms with van der Waals surface area (Å²) in [7, 11) is 0. The minimum atomic E-state index is 0.117. The molecule has 136 valence electrons. The predicted molar refractivity (Wildman–Crippen MR) is 103 cm³/mol. The van der Waals surface area contributed by atoms with Crippen LogP contribution in [0.4, 0.5) is 0 Å². The molecular formula is C19H31BrN2O2. The van der Waals surface area contributed by atoms with Crippen LogP contribution in [0.5, 0.6) is 11.5 Å². The normalized spacial score (nSPS) is 18.3. The molecule has 0 spiro atoms. The highest BCUT2D eigenvalue weighted by atomic mass is 79.9. The van der Waals surface area contributed by atoms with Gasteiger partial charge in [-0.3, -0.25) is 4.90 Å². The van der Waals surface area contributed by atoms with Crippen molar-refractivity contribution in [1.29, 1.82) is 0 Å². The first kappa shape index (κ1) is 19.5. The van der Waals surface area contributed by atoms with Crippen LogP contribution in [-0.4, -0.2) is 43.3 Å². The zero-order chi connectivity index (χ0) is 17.5. The zero-order valence-electron chi connectivity index (χ0n) is 15.4. The Bertz CT molecular complexity index is 522. The Morgan fingerprint density at radius 1 is 1.33 bits per heavy atom. The third-order valence-electron chi connectivity index (χ3n) is 4.34. The summed E-state index contributed by atoms with van der Waals surface area (Å²) in [4.78, 5) is 2.56. The van der Waals surface area contributed by atoms with Gasteiger partial charge in [-0.2, -0.15) is 0 Å². The standard InChI is InChI=1S/C19H31BrN2O2/c1-5-22-9-7-8-16(22)13-21-12-15-10-17(20)19(24-14(3)4)18(11-15)23-6-2/h10-11,14,16,21H,5-9,12-13H2,1-4H3. The van der Waals surface area contributed by atoms with Crippen LogP contribution in [0.1, 0.15) is 46.1 Å². The molecule has 1 aromatic rings. The fourth-order valence-electron chi connectivity index (χ4n) is 3.26. The molecule has 0 bridgehead atoms. The van der Waals surface area contributed by atoms with E-state index in [1.165, 1.54) is 24.9 Å². The van der Waals surface area contributed by atoms with Crippen LogP contribution in [-0.2, 0) is 6.54 Å². The molecule has 1 unspecified atom stereocenters. The van der Waals surface area contributed by atoms with Gasteiger partial charge in [-0.25, -0.2) is 0 Å². The molecule has 24 heavy (non-hydrogen) atoms. The predicted octanol–water partition coefficient (Wildman–Crippen LogP) is 4.21. The molecular weight excluding hydrogens is 368 g/mol. The van der Waals surface area contributed by atoms with Crippen LogP contribution in [0.15, 0.2) is 16.6 Å². The second kappa shape index (κ2) is 9.64. The molecule has 0 amide bonds. The molecule has 1 saturated heterocycles. The number of halogens is 1. The Morgan fingerprint density at radius 2 is 2.12 bits per heavy atom. The van der Waals surface area contributed by atoms with Crippen molar-refractivity contribution < 1.29 is 9.47 Å². The third kappa shape index (κ3) is 5.36. The summed E-state index contributed by atoms with van der Waals surface area (Å²) in [5, 5.41) is 3.61. The fraction of sp³-hybridized carbons (Fsp3) is 0.684. The second-order valence-electron chi connectivity index (χ2n) is 6.56. The molecule has 1 aliphatic rings. The van der Waals surface area contributed by atoms with Gasteiger partial charge in [-0.05, 0) is 80.3 Å². The van der Waals surface area contributed by atoms with Gasteiger partial charge in [-0.1, -0.05) is 6.92 Å². The molecule has 1 atom stereocenters. The van der Waals surface area contributed by atoms with E-state index in [1.54, 1.807) is 0 Å². The lowest BCUT2D eigenvalue weighted by Gasteiger charge is -2.23. The van der Waals surface area contributed by atoms with Gasteiger partial charge in [0.2, 0.25) is 0 Å². The van der Waals surface area contributed by atoms with Crippen molar-refractivity contribution in [2.45, 2.75) is 59.2 Å². The number of likely N-dealkylation sites (N-methyl/N-ethyl adjacent to an activating group) is 1. The molecule has 1 N–H and O–H groups in total. The van der Waals surface area contributed by atoms with E-state index < -0.39 is 0 Å². The number of ether oxygens (including phenoxy) is 2. The van der Waals surface area contributed by atoms with Crippen molar-refractivity contribution >= 4 is 15.9 Å². The van der Waals surface area contributed by atoms with Crippen LogP contribution in [0, 0.1) is 0 Å².